The number of amides is 1. The molecule has 100 valence electrons. The average Bonchev–Trinajstić information content (AvgIpc) is 2.28. The van der Waals surface area contributed by atoms with Gasteiger partial charge in [0.25, 0.3) is 0 Å². The van der Waals surface area contributed by atoms with Crippen molar-refractivity contribution in [1.82, 2.24) is 5.32 Å². The summed E-state index contributed by atoms with van der Waals surface area (Å²) < 4.78 is 0. The number of carbonyl (C=O) groups excluding carboxylic acids is 1. The highest BCUT2D eigenvalue weighted by Crippen LogP contribution is 2.23. The molecule has 0 aliphatic rings. The van der Waals surface area contributed by atoms with Crippen LogP contribution in [0.25, 0.3) is 0 Å². The maximum atomic E-state index is 11.6. The van der Waals surface area contributed by atoms with E-state index in [0.717, 1.165) is 5.69 Å². The first-order valence-electron chi connectivity index (χ1n) is 6.49. The Kier molecular flexibility index (Phi) is 4.76. The fourth-order valence-corrected chi connectivity index (χ4v) is 1.71. The van der Waals surface area contributed by atoms with Gasteiger partial charge in [0.1, 0.15) is 6.04 Å². The lowest BCUT2D eigenvalue weighted by atomic mass is 9.87. The zero-order valence-corrected chi connectivity index (χ0v) is 12.0. The topological polar surface area (TPSA) is 41.1 Å². The van der Waals surface area contributed by atoms with E-state index in [1.165, 1.54) is 5.56 Å². The number of rotatable bonds is 4. The third kappa shape index (κ3) is 4.06. The minimum absolute atomic E-state index is 0.0254. The highest BCUT2D eigenvalue weighted by molar-refractivity contribution is 5.84. The molecule has 0 bridgehead atoms. The molecule has 1 unspecified atom stereocenters. The third-order valence-corrected chi connectivity index (χ3v) is 2.88. The minimum atomic E-state index is -0.217. The Morgan fingerprint density at radius 2 is 1.78 bits per heavy atom. The first kappa shape index (κ1) is 14.6. The molecule has 0 radical (unpaired) electrons. The van der Waals surface area contributed by atoms with E-state index in [1.807, 2.05) is 26.0 Å². The van der Waals surface area contributed by atoms with Crippen LogP contribution in [0.15, 0.2) is 24.3 Å². The van der Waals surface area contributed by atoms with E-state index in [2.05, 4.69) is 43.5 Å². The fraction of sp³-hybridized carbons (Fsp3) is 0.533. The summed E-state index contributed by atoms with van der Waals surface area (Å²) in [5, 5.41) is 5.99. The highest BCUT2D eigenvalue weighted by Gasteiger charge is 2.14. The predicted molar refractivity (Wildman–Crippen MR) is 76.9 cm³/mol. The van der Waals surface area contributed by atoms with Gasteiger partial charge in [0, 0.05) is 12.2 Å². The molecule has 0 saturated carbocycles. The van der Waals surface area contributed by atoms with Crippen LogP contribution in [0, 0.1) is 0 Å². The molecular formula is C15H24N2O. The number of nitrogens with one attached hydrogen (secondary N) is 2. The Balaban J connectivity index is 2.67. The van der Waals surface area contributed by atoms with Crippen molar-refractivity contribution in [3.8, 4) is 0 Å². The molecule has 3 heteroatoms. The van der Waals surface area contributed by atoms with Crippen LogP contribution < -0.4 is 10.6 Å². The average molecular weight is 248 g/mol. The Labute approximate surface area is 110 Å². The van der Waals surface area contributed by atoms with Gasteiger partial charge in [-0.2, -0.15) is 0 Å². The van der Waals surface area contributed by atoms with Crippen LogP contribution in [0.3, 0.4) is 0 Å². The molecule has 1 amide bonds. The van der Waals surface area contributed by atoms with Crippen LogP contribution in [-0.4, -0.2) is 18.5 Å². The van der Waals surface area contributed by atoms with E-state index in [9.17, 15) is 4.79 Å². The van der Waals surface area contributed by atoms with Gasteiger partial charge < -0.3 is 10.6 Å². The summed E-state index contributed by atoms with van der Waals surface area (Å²) in [7, 11) is 0. The SMILES string of the molecule is CCNC(=O)C(C)Nc1ccc(C(C)(C)C)cc1. The van der Waals surface area contributed by atoms with Gasteiger partial charge in [-0.05, 0) is 37.0 Å². The Bertz CT molecular complexity index is 390. The highest BCUT2D eigenvalue weighted by atomic mass is 16.2. The molecule has 18 heavy (non-hydrogen) atoms. The van der Waals surface area contributed by atoms with Gasteiger partial charge in [-0.15, -0.1) is 0 Å². The van der Waals surface area contributed by atoms with Crippen molar-refractivity contribution in [1.29, 1.82) is 0 Å². The minimum Gasteiger partial charge on any atom is -0.374 e. The largest absolute Gasteiger partial charge is 0.374 e. The first-order valence-corrected chi connectivity index (χ1v) is 6.49. The van der Waals surface area contributed by atoms with Crippen molar-refractivity contribution in [3.05, 3.63) is 29.8 Å². The van der Waals surface area contributed by atoms with Gasteiger partial charge in [0.05, 0.1) is 0 Å². The standard InChI is InChI=1S/C15H24N2O/c1-6-16-14(18)11(2)17-13-9-7-12(8-10-13)15(3,4)5/h7-11,17H,6H2,1-5H3,(H,16,18). The number of anilines is 1. The molecule has 0 saturated heterocycles. The lowest BCUT2D eigenvalue weighted by Crippen LogP contribution is -2.37. The van der Waals surface area contributed by atoms with Crippen molar-refractivity contribution in [2.45, 2.75) is 46.1 Å². The van der Waals surface area contributed by atoms with Crippen molar-refractivity contribution >= 4 is 11.6 Å². The normalized spacial score (nSPS) is 12.9. The van der Waals surface area contributed by atoms with Crippen molar-refractivity contribution in [3.63, 3.8) is 0 Å². The molecule has 3 nitrogen and oxygen atoms in total. The summed E-state index contributed by atoms with van der Waals surface area (Å²) in [5.74, 6) is 0.0254. The Morgan fingerprint density at radius 3 is 2.22 bits per heavy atom. The summed E-state index contributed by atoms with van der Waals surface area (Å²) in [6.07, 6.45) is 0. The monoisotopic (exact) mass is 248 g/mol. The van der Waals surface area contributed by atoms with Crippen molar-refractivity contribution in [2.75, 3.05) is 11.9 Å². The quantitative estimate of drug-likeness (QED) is 0.860. The summed E-state index contributed by atoms with van der Waals surface area (Å²) in [5.41, 5.74) is 2.42. The van der Waals surface area contributed by atoms with Gasteiger partial charge in [-0.25, -0.2) is 0 Å². The maximum Gasteiger partial charge on any atom is 0.242 e. The Morgan fingerprint density at radius 1 is 1.22 bits per heavy atom. The molecule has 1 rings (SSSR count). The van der Waals surface area contributed by atoms with Gasteiger partial charge in [0.15, 0.2) is 0 Å². The molecule has 0 spiro atoms. The summed E-state index contributed by atoms with van der Waals surface area (Å²) in [4.78, 5) is 11.6. The second-order valence-electron chi connectivity index (χ2n) is 5.59. The molecule has 0 heterocycles. The molecule has 0 aromatic heterocycles. The molecule has 1 atom stereocenters. The van der Waals surface area contributed by atoms with E-state index in [-0.39, 0.29) is 17.4 Å². The van der Waals surface area contributed by atoms with Crippen LogP contribution in [0.5, 0.6) is 0 Å². The van der Waals surface area contributed by atoms with E-state index in [1.54, 1.807) is 0 Å². The van der Waals surface area contributed by atoms with Crippen LogP contribution in [0.4, 0.5) is 5.69 Å². The predicted octanol–water partition coefficient (Wildman–Crippen LogP) is 2.92. The van der Waals surface area contributed by atoms with Crippen LogP contribution in [0.1, 0.15) is 40.2 Å². The number of likely N-dealkylation sites (N-methyl/N-ethyl adjacent to an activating group) is 1. The second kappa shape index (κ2) is 5.89. The molecule has 0 aliphatic carbocycles. The van der Waals surface area contributed by atoms with Crippen LogP contribution in [0.2, 0.25) is 0 Å². The molecule has 0 fully saturated rings. The first-order chi connectivity index (χ1) is 8.34. The number of hydrogen-bond acceptors (Lipinski definition) is 2. The van der Waals surface area contributed by atoms with Gasteiger partial charge >= 0.3 is 0 Å². The lowest BCUT2D eigenvalue weighted by molar-refractivity contribution is -0.121. The summed E-state index contributed by atoms with van der Waals surface area (Å²) in [6.45, 7) is 11.0. The molecule has 1 aromatic rings. The van der Waals surface area contributed by atoms with Gasteiger partial charge in [-0.1, -0.05) is 32.9 Å². The fourth-order valence-electron chi connectivity index (χ4n) is 1.71. The number of benzene rings is 1. The molecular weight excluding hydrogens is 224 g/mol. The molecule has 1 aromatic carbocycles. The maximum absolute atomic E-state index is 11.6. The zero-order valence-electron chi connectivity index (χ0n) is 12.0. The lowest BCUT2D eigenvalue weighted by Gasteiger charge is -2.20. The number of hydrogen-bond donors (Lipinski definition) is 2. The van der Waals surface area contributed by atoms with E-state index in [0.29, 0.717) is 6.54 Å². The number of carbonyl (C=O) groups is 1. The van der Waals surface area contributed by atoms with Crippen LogP contribution >= 0.6 is 0 Å². The van der Waals surface area contributed by atoms with E-state index in [4.69, 9.17) is 0 Å². The summed E-state index contributed by atoms with van der Waals surface area (Å²) in [6, 6.07) is 8.04. The van der Waals surface area contributed by atoms with Gasteiger partial charge in [-0.3, -0.25) is 4.79 Å². The molecule has 2 N–H and O–H groups in total. The van der Waals surface area contributed by atoms with Crippen molar-refractivity contribution in [2.24, 2.45) is 0 Å². The van der Waals surface area contributed by atoms with E-state index < -0.39 is 0 Å². The van der Waals surface area contributed by atoms with Crippen molar-refractivity contribution < 1.29 is 4.79 Å². The van der Waals surface area contributed by atoms with Crippen LogP contribution in [-0.2, 0) is 10.2 Å². The van der Waals surface area contributed by atoms with Gasteiger partial charge in [0.2, 0.25) is 5.91 Å². The van der Waals surface area contributed by atoms with E-state index >= 15 is 0 Å². The summed E-state index contributed by atoms with van der Waals surface area (Å²) >= 11 is 0. The second-order valence-corrected chi connectivity index (χ2v) is 5.59. The molecule has 0 aliphatic heterocycles. The zero-order chi connectivity index (χ0) is 13.8. The Hall–Kier alpha value is -1.51. The third-order valence-electron chi connectivity index (χ3n) is 2.88. The smallest absolute Gasteiger partial charge is 0.242 e.